The molecule has 0 aromatic heterocycles. The fraction of sp³-hybridized carbons (Fsp3) is 1.00. The van der Waals surface area contributed by atoms with Crippen molar-refractivity contribution in [3.8, 4) is 0 Å². The van der Waals surface area contributed by atoms with Crippen molar-refractivity contribution in [2.45, 2.75) is 12.8 Å². The van der Waals surface area contributed by atoms with Crippen LogP contribution >= 0.6 is 11.8 Å². The molecule has 72 valence electrons. The Hall–Kier alpha value is 0.190. The molecule has 0 aliphatic carbocycles. The van der Waals surface area contributed by atoms with Gasteiger partial charge in [-0.25, -0.2) is 10.9 Å². The number of thioether (sulfide) groups is 1. The number of nitrogens with one attached hydrogen (secondary N) is 4. The van der Waals surface area contributed by atoms with E-state index in [0.717, 1.165) is 19.8 Å². The van der Waals surface area contributed by atoms with Crippen LogP contribution in [0.3, 0.4) is 0 Å². The van der Waals surface area contributed by atoms with Crippen LogP contribution in [-0.4, -0.2) is 31.3 Å². The lowest BCUT2D eigenvalue weighted by Crippen LogP contribution is -2.47. The second kappa shape index (κ2) is 7.82. The van der Waals surface area contributed by atoms with Gasteiger partial charge in [0.2, 0.25) is 0 Å². The number of hydrogen-bond acceptors (Lipinski definition) is 5. The van der Waals surface area contributed by atoms with Gasteiger partial charge in [0, 0.05) is 6.54 Å². The average Bonchev–Trinajstić information content (AvgIpc) is 2.05. The Labute approximate surface area is 78.2 Å². The Morgan fingerprint density at radius 2 is 1.75 bits per heavy atom. The number of rotatable bonds is 0. The van der Waals surface area contributed by atoms with Gasteiger partial charge >= 0.3 is 0 Å². The van der Waals surface area contributed by atoms with Crippen LogP contribution in [0, 0.1) is 0 Å². The molecule has 12 heavy (non-hydrogen) atoms. The van der Waals surface area contributed by atoms with Crippen LogP contribution in [0.15, 0.2) is 0 Å². The van der Waals surface area contributed by atoms with Gasteiger partial charge in [-0.05, 0) is 30.9 Å². The molecule has 0 saturated carbocycles. The first kappa shape index (κ1) is 10.3. The van der Waals surface area contributed by atoms with Crippen LogP contribution in [0.1, 0.15) is 12.8 Å². The minimum Gasteiger partial charge on any atom is -0.303 e. The highest BCUT2D eigenvalue weighted by molar-refractivity contribution is 7.99. The molecule has 0 amide bonds. The van der Waals surface area contributed by atoms with Crippen molar-refractivity contribution in [1.29, 1.82) is 0 Å². The van der Waals surface area contributed by atoms with E-state index >= 15 is 0 Å². The molecular weight excluding hydrogens is 172 g/mol. The van der Waals surface area contributed by atoms with E-state index in [4.69, 9.17) is 0 Å². The molecule has 0 unspecified atom stereocenters. The van der Waals surface area contributed by atoms with E-state index in [9.17, 15) is 0 Å². The molecule has 0 bridgehead atoms. The maximum absolute atomic E-state index is 3.28. The van der Waals surface area contributed by atoms with Crippen molar-refractivity contribution < 1.29 is 0 Å². The first-order valence-corrected chi connectivity index (χ1v) is 5.65. The van der Waals surface area contributed by atoms with Gasteiger partial charge in [-0.15, -0.1) is 0 Å². The summed E-state index contributed by atoms with van der Waals surface area (Å²) in [6.45, 7) is 2.94. The summed E-state index contributed by atoms with van der Waals surface area (Å²) in [5.41, 5.74) is 9.04. The maximum Gasteiger partial charge on any atom is 0.0603 e. The quantitative estimate of drug-likeness (QED) is 0.421. The molecule has 1 aliphatic rings. The second-order valence-electron chi connectivity index (χ2n) is 2.72. The van der Waals surface area contributed by atoms with Crippen molar-refractivity contribution in [1.82, 2.24) is 21.7 Å². The average molecular weight is 190 g/mol. The van der Waals surface area contributed by atoms with E-state index in [2.05, 4.69) is 21.7 Å². The van der Waals surface area contributed by atoms with Crippen molar-refractivity contribution in [3.05, 3.63) is 0 Å². The van der Waals surface area contributed by atoms with Gasteiger partial charge in [0.25, 0.3) is 0 Å². The lowest BCUT2D eigenvalue weighted by molar-refractivity contribution is 0.412. The molecule has 1 fully saturated rings. The van der Waals surface area contributed by atoms with E-state index in [1.54, 1.807) is 0 Å². The van der Waals surface area contributed by atoms with E-state index in [1.807, 2.05) is 11.8 Å². The zero-order valence-electron chi connectivity index (χ0n) is 7.36. The predicted molar refractivity (Wildman–Crippen MR) is 53.7 cm³/mol. The molecule has 0 radical (unpaired) electrons. The maximum atomic E-state index is 3.28. The number of hydrogen-bond donors (Lipinski definition) is 4. The second-order valence-corrected chi connectivity index (χ2v) is 3.95. The molecule has 1 saturated heterocycles. The Kier molecular flexibility index (Phi) is 6.69. The van der Waals surface area contributed by atoms with Crippen molar-refractivity contribution in [3.63, 3.8) is 0 Å². The van der Waals surface area contributed by atoms with Crippen molar-refractivity contribution >= 4 is 11.8 Å². The Balaban J connectivity index is 2.00. The molecule has 0 aromatic rings. The standard InChI is InChI=1S/C7H18N4S/c1-3-8-7-10-11-9-4-2-6-12-5-1/h8-11H,1-7H2. The van der Waals surface area contributed by atoms with Gasteiger partial charge < -0.3 is 5.32 Å². The van der Waals surface area contributed by atoms with E-state index < -0.39 is 0 Å². The summed E-state index contributed by atoms with van der Waals surface area (Å²) in [5.74, 6) is 2.54. The van der Waals surface area contributed by atoms with Gasteiger partial charge in [0.05, 0.1) is 6.67 Å². The van der Waals surface area contributed by atoms with Crippen molar-refractivity contribution in [2.75, 3.05) is 31.3 Å². The van der Waals surface area contributed by atoms with Gasteiger partial charge in [-0.1, -0.05) is 0 Å². The Bertz CT molecular complexity index is 58.4. The molecule has 1 aliphatic heterocycles. The fourth-order valence-electron chi connectivity index (χ4n) is 0.984. The molecular formula is C7H18N4S. The van der Waals surface area contributed by atoms with E-state index in [1.165, 1.54) is 24.3 Å². The van der Waals surface area contributed by atoms with Gasteiger partial charge in [-0.2, -0.15) is 17.3 Å². The highest BCUT2D eigenvalue weighted by Gasteiger charge is 1.93. The molecule has 5 heteroatoms. The van der Waals surface area contributed by atoms with E-state index in [0.29, 0.717) is 0 Å². The van der Waals surface area contributed by atoms with Crippen LogP contribution in [0.2, 0.25) is 0 Å². The van der Waals surface area contributed by atoms with Gasteiger partial charge in [0.1, 0.15) is 0 Å². The third-order valence-electron chi connectivity index (χ3n) is 1.62. The summed E-state index contributed by atoms with van der Waals surface area (Å²) in [7, 11) is 0. The van der Waals surface area contributed by atoms with Crippen LogP contribution in [0.4, 0.5) is 0 Å². The van der Waals surface area contributed by atoms with Crippen LogP contribution < -0.4 is 21.7 Å². The van der Waals surface area contributed by atoms with Gasteiger partial charge in [0.15, 0.2) is 0 Å². The van der Waals surface area contributed by atoms with E-state index in [-0.39, 0.29) is 0 Å². The predicted octanol–water partition coefficient (Wildman–Crippen LogP) is -0.341. The lowest BCUT2D eigenvalue weighted by atomic mass is 10.5. The van der Waals surface area contributed by atoms with Gasteiger partial charge in [-0.3, -0.25) is 0 Å². The zero-order valence-corrected chi connectivity index (χ0v) is 8.17. The SMILES string of the molecule is C1CNCNNNCCCSC1. The zero-order chi connectivity index (χ0) is 8.49. The smallest absolute Gasteiger partial charge is 0.0603 e. The number of hydrazine groups is 2. The summed E-state index contributed by atoms with van der Waals surface area (Å²) in [4.78, 5) is 0. The first-order chi connectivity index (χ1) is 6.00. The van der Waals surface area contributed by atoms with Crippen LogP contribution in [0.25, 0.3) is 0 Å². The summed E-state index contributed by atoms with van der Waals surface area (Å²) in [6, 6.07) is 0. The molecule has 1 heterocycles. The summed E-state index contributed by atoms with van der Waals surface area (Å²) < 4.78 is 0. The van der Waals surface area contributed by atoms with Crippen molar-refractivity contribution in [2.24, 2.45) is 0 Å². The summed E-state index contributed by atoms with van der Waals surface area (Å²) in [5, 5.41) is 3.28. The Morgan fingerprint density at radius 1 is 0.917 bits per heavy atom. The lowest BCUT2D eigenvalue weighted by Gasteiger charge is -2.11. The first-order valence-electron chi connectivity index (χ1n) is 4.49. The molecule has 1 rings (SSSR count). The molecule has 4 nitrogen and oxygen atoms in total. The monoisotopic (exact) mass is 190 g/mol. The third kappa shape index (κ3) is 5.79. The molecule has 0 atom stereocenters. The largest absolute Gasteiger partial charge is 0.303 e. The minimum atomic E-state index is 0.817. The molecule has 0 aromatic carbocycles. The minimum absolute atomic E-state index is 0.817. The topological polar surface area (TPSA) is 48.1 Å². The third-order valence-corrected chi connectivity index (χ3v) is 2.78. The highest BCUT2D eigenvalue weighted by atomic mass is 32.2. The Morgan fingerprint density at radius 3 is 2.67 bits per heavy atom. The highest BCUT2D eigenvalue weighted by Crippen LogP contribution is 2.02. The molecule has 0 spiro atoms. The summed E-state index contributed by atoms with van der Waals surface area (Å²) in [6.07, 6.45) is 2.49. The normalized spacial score (nSPS) is 24.0. The fourth-order valence-corrected chi connectivity index (χ4v) is 1.89. The molecule has 4 N–H and O–H groups in total. The summed E-state index contributed by atoms with van der Waals surface area (Å²) >= 11 is 2.04. The van der Waals surface area contributed by atoms with Crippen LogP contribution in [-0.2, 0) is 0 Å². The van der Waals surface area contributed by atoms with Crippen LogP contribution in [0.5, 0.6) is 0 Å².